The number of halogens is 2. The second-order valence-corrected chi connectivity index (χ2v) is 5.31. The Balaban J connectivity index is 1.97. The SMILES string of the molecule is COc1ccc2c(c1)[C@H](O)CC(c1cccc(Cl)c1F)O2. The van der Waals surface area contributed by atoms with E-state index in [9.17, 15) is 9.50 Å². The molecule has 0 amide bonds. The van der Waals surface area contributed by atoms with E-state index >= 15 is 0 Å². The number of aliphatic hydroxyl groups excluding tert-OH is 1. The van der Waals surface area contributed by atoms with E-state index in [0.29, 0.717) is 22.6 Å². The average Bonchev–Trinajstić information content (AvgIpc) is 2.49. The zero-order valence-electron chi connectivity index (χ0n) is 11.3. The third-order valence-electron chi connectivity index (χ3n) is 3.61. The van der Waals surface area contributed by atoms with Crippen molar-refractivity contribution < 1.29 is 19.0 Å². The van der Waals surface area contributed by atoms with Gasteiger partial charge in [0, 0.05) is 17.5 Å². The minimum atomic E-state index is -0.743. The number of fused-ring (bicyclic) bond motifs is 1. The Morgan fingerprint density at radius 3 is 2.86 bits per heavy atom. The summed E-state index contributed by atoms with van der Waals surface area (Å²) in [5.41, 5.74) is 0.996. The van der Waals surface area contributed by atoms with Crippen LogP contribution in [-0.2, 0) is 0 Å². The van der Waals surface area contributed by atoms with Crippen molar-refractivity contribution in [2.24, 2.45) is 0 Å². The van der Waals surface area contributed by atoms with E-state index in [1.807, 2.05) is 0 Å². The number of methoxy groups -OCH3 is 1. The molecule has 2 atom stereocenters. The van der Waals surface area contributed by atoms with Crippen molar-refractivity contribution in [2.45, 2.75) is 18.6 Å². The highest BCUT2D eigenvalue weighted by Gasteiger charge is 2.30. The van der Waals surface area contributed by atoms with Crippen LogP contribution in [-0.4, -0.2) is 12.2 Å². The van der Waals surface area contributed by atoms with Gasteiger partial charge in [-0.1, -0.05) is 23.7 Å². The van der Waals surface area contributed by atoms with E-state index in [2.05, 4.69) is 0 Å². The first kappa shape index (κ1) is 14.2. The molecule has 21 heavy (non-hydrogen) atoms. The van der Waals surface area contributed by atoms with E-state index in [-0.39, 0.29) is 11.4 Å². The van der Waals surface area contributed by atoms with Crippen molar-refractivity contribution in [3.63, 3.8) is 0 Å². The van der Waals surface area contributed by atoms with Crippen molar-refractivity contribution in [3.05, 3.63) is 58.4 Å². The van der Waals surface area contributed by atoms with Gasteiger partial charge in [0.1, 0.15) is 23.4 Å². The molecule has 1 unspecified atom stereocenters. The van der Waals surface area contributed by atoms with Crippen molar-refractivity contribution >= 4 is 11.6 Å². The van der Waals surface area contributed by atoms with E-state index in [4.69, 9.17) is 21.1 Å². The summed E-state index contributed by atoms with van der Waals surface area (Å²) in [6.07, 6.45) is -1.05. The highest BCUT2D eigenvalue weighted by Crippen LogP contribution is 2.43. The molecule has 3 rings (SSSR count). The minimum Gasteiger partial charge on any atom is -0.497 e. The molecule has 1 N–H and O–H groups in total. The Morgan fingerprint density at radius 1 is 1.29 bits per heavy atom. The average molecular weight is 309 g/mol. The number of hydrogen-bond donors (Lipinski definition) is 1. The second kappa shape index (κ2) is 5.54. The van der Waals surface area contributed by atoms with E-state index in [1.165, 1.54) is 6.07 Å². The first-order chi connectivity index (χ1) is 10.1. The molecule has 0 aliphatic carbocycles. The van der Waals surface area contributed by atoms with Gasteiger partial charge in [-0.15, -0.1) is 0 Å². The quantitative estimate of drug-likeness (QED) is 0.910. The van der Waals surface area contributed by atoms with Crippen LogP contribution in [0.15, 0.2) is 36.4 Å². The molecule has 0 aromatic heterocycles. The molecular formula is C16H14ClFO3. The van der Waals surface area contributed by atoms with Crippen molar-refractivity contribution in [3.8, 4) is 11.5 Å². The minimum absolute atomic E-state index is 0.0473. The third kappa shape index (κ3) is 2.57. The third-order valence-corrected chi connectivity index (χ3v) is 3.90. The fourth-order valence-corrected chi connectivity index (χ4v) is 2.69. The lowest BCUT2D eigenvalue weighted by Gasteiger charge is -2.30. The highest BCUT2D eigenvalue weighted by atomic mass is 35.5. The smallest absolute Gasteiger partial charge is 0.148 e. The van der Waals surface area contributed by atoms with E-state index in [1.54, 1.807) is 37.4 Å². The molecule has 3 nitrogen and oxygen atoms in total. The molecule has 0 radical (unpaired) electrons. The van der Waals surface area contributed by atoms with Crippen LogP contribution < -0.4 is 9.47 Å². The van der Waals surface area contributed by atoms with Gasteiger partial charge in [-0.2, -0.15) is 0 Å². The fraction of sp³-hybridized carbons (Fsp3) is 0.250. The van der Waals surface area contributed by atoms with Crippen molar-refractivity contribution in [1.29, 1.82) is 0 Å². The van der Waals surface area contributed by atoms with E-state index in [0.717, 1.165) is 0 Å². The lowest BCUT2D eigenvalue weighted by atomic mass is 9.94. The van der Waals surface area contributed by atoms with Gasteiger partial charge >= 0.3 is 0 Å². The van der Waals surface area contributed by atoms with Gasteiger partial charge in [-0.3, -0.25) is 0 Å². The molecule has 0 bridgehead atoms. The molecule has 1 heterocycles. The summed E-state index contributed by atoms with van der Waals surface area (Å²) < 4.78 is 25.0. The summed E-state index contributed by atoms with van der Waals surface area (Å²) in [7, 11) is 1.56. The van der Waals surface area contributed by atoms with Crippen LogP contribution in [0.25, 0.3) is 0 Å². The number of hydrogen-bond acceptors (Lipinski definition) is 3. The summed E-state index contributed by atoms with van der Waals surface area (Å²) in [6.45, 7) is 0. The predicted molar refractivity (Wildman–Crippen MR) is 77.3 cm³/mol. The molecular weight excluding hydrogens is 295 g/mol. The lowest BCUT2D eigenvalue weighted by Crippen LogP contribution is -2.20. The maximum absolute atomic E-state index is 14.1. The Hall–Kier alpha value is -1.78. The van der Waals surface area contributed by atoms with Gasteiger partial charge in [0.15, 0.2) is 0 Å². The first-order valence-corrected chi connectivity index (χ1v) is 6.94. The molecule has 0 spiro atoms. The maximum Gasteiger partial charge on any atom is 0.148 e. The van der Waals surface area contributed by atoms with Crippen molar-refractivity contribution in [2.75, 3.05) is 7.11 Å². The Morgan fingerprint density at radius 2 is 2.10 bits per heavy atom. The summed E-state index contributed by atoms with van der Waals surface area (Å²) in [4.78, 5) is 0. The number of ether oxygens (including phenoxy) is 2. The summed E-state index contributed by atoms with van der Waals surface area (Å²) >= 11 is 5.80. The zero-order chi connectivity index (χ0) is 15.0. The van der Waals surface area contributed by atoms with Gasteiger partial charge in [-0.25, -0.2) is 4.39 Å². The van der Waals surface area contributed by atoms with Crippen LogP contribution in [0.1, 0.15) is 29.8 Å². The topological polar surface area (TPSA) is 38.7 Å². The lowest BCUT2D eigenvalue weighted by molar-refractivity contribution is 0.0637. The van der Waals surface area contributed by atoms with Crippen LogP contribution in [0.3, 0.4) is 0 Å². The summed E-state index contributed by atoms with van der Waals surface area (Å²) in [5.74, 6) is 0.663. The number of rotatable bonds is 2. The van der Waals surface area contributed by atoms with Gasteiger partial charge in [-0.05, 0) is 24.3 Å². The molecule has 1 aliphatic rings. The molecule has 110 valence electrons. The first-order valence-electron chi connectivity index (χ1n) is 6.56. The molecule has 0 saturated carbocycles. The Kier molecular flexibility index (Phi) is 3.74. The summed E-state index contributed by atoms with van der Waals surface area (Å²) in [5, 5.41) is 10.3. The van der Waals surface area contributed by atoms with Crippen LogP contribution in [0, 0.1) is 5.82 Å². The normalized spacial score (nSPS) is 20.6. The highest BCUT2D eigenvalue weighted by molar-refractivity contribution is 6.30. The summed E-state index contributed by atoms with van der Waals surface area (Å²) in [6, 6.07) is 9.95. The molecule has 1 aliphatic heterocycles. The van der Waals surface area contributed by atoms with Gasteiger partial charge in [0.05, 0.1) is 18.2 Å². The van der Waals surface area contributed by atoms with Gasteiger partial charge < -0.3 is 14.6 Å². The predicted octanol–water partition coefficient (Wildman–Crippen LogP) is 4.04. The van der Waals surface area contributed by atoms with Crippen LogP contribution in [0.5, 0.6) is 11.5 Å². The van der Waals surface area contributed by atoms with Crippen LogP contribution in [0.2, 0.25) is 5.02 Å². The molecule has 0 saturated heterocycles. The fourth-order valence-electron chi connectivity index (χ4n) is 2.51. The zero-order valence-corrected chi connectivity index (χ0v) is 12.1. The van der Waals surface area contributed by atoms with Gasteiger partial charge in [0.2, 0.25) is 0 Å². The number of aliphatic hydroxyl groups is 1. The molecule has 2 aromatic carbocycles. The van der Waals surface area contributed by atoms with Crippen LogP contribution >= 0.6 is 11.6 Å². The van der Waals surface area contributed by atoms with E-state index < -0.39 is 18.0 Å². The van der Waals surface area contributed by atoms with Crippen molar-refractivity contribution in [1.82, 2.24) is 0 Å². The Labute approximate surface area is 126 Å². The molecule has 5 heteroatoms. The second-order valence-electron chi connectivity index (χ2n) is 4.90. The van der Waals surface area contributed by atoms with Crippen LogP contribution in [0.4, 0.5) is 4.39 Å². The monoisotopic (exact) mass is 308 g/mol. The Bertz CT molecular complexity index is 675. The number of benzene rings is 2. The standard InChI is InChI=1S/C16H14ClFO3/c1-20-9-5-6-14-11(7-9)13(19)8-15(21-14)10-3-2-4-12(17)16(10)18/h2-7,13,15,19H,8H2,1H3/t13-,15?/m1/s1. The largest absolute Gasteiger partial charge is 0.497 e. The molecule has 0 fully saturated rings. The van der Waals surface area contributed by atoms with Gasteiger partial charge in [0.25, 0.3) is 0 Å². The maximum atomic E-state index is 14.1. The molecule has 2 aromatic rings.